The first-order chi connectivity index (χ1) is 9.66. The van der Waals surface area contributed by atoms with E-state index in [1.165, 1.54) is 0 Å². The van der Waals surface area contributed by atoms with E-state index in [2.05, 4.69) is 13.2 Å². The zero-order valence-corrected chi connectivity index (χ0v) is 12.9. The van der Waals surface area contributed by atoms with Crippen LogP contribution >= 0.6 is 0 Å². The summed E-state index contributed by atoms with van der Waals surface area (Å²) in [6.45, 7) is 12.9. The number of aliphatic carboxylic acids is 2. The summed E-state index contributed by atoms with van der Waals surface area (Å²) in [4.78, 5) is 28.2. The number of carboxylic acid groups (broad SMARTS) is 2. The van der Waals surface area contributed by atoms with E-state index >= 15 is 0 Å². The second-order valence-electron chi connectivity index (χ2n) is 4.49. The summed E-state index contributed by atoms with van der Waals surface area (Å²) in [5, 5.41) is 24.0. The Bertz CT molecular complexity index is 280. The van der Waals surface area contributed by atoms with Gasteiger partial charge >= 0.3 is 11.9 Å². The molecule has 0 saturated carbocycles. The van der Waals surface area contributed by atoms with Crippen molar-refractivity contribution in [2.45, 2.75) is 27.2 Å². The predicted octanol–water partition coefficient (Wildman–Crippen LogP) is 1.88. The molecule has 0 fully saturated rings. The van der Waals surface area contributed by atoms with Crippen molar-refractivity contribution >= 4 is 11.9 Å². The fourth-order valence-electron chi connectivity index (χ4n) is 0.389. The molecule has 124 valence electrons. The summed E-state index contributed by atoms with van der Waals surface area (Å²) in [6, 6.07) is 0. The Hall–Kier alpha value is -1.70. The maximum atomic E-state index is 9.25. The number of hydrogen-bond acceptors (Lipinski definition) is 5. The van der Waals surface area contributed by atoms with Gasteiger partial charge in [-0.2, -0.15) is 0 Å². The van der Waals surface area contributed by atoms with Crippen molar-refractivity contribution in [3.8, 4) is 0 Å². The van der Waals surface area contributed by atoms with E-state index in [4.69, 9.17) is 25.1 Å². The van der Waals surface area contributed by atoms with E-state index in [-0.39, 0.29) is 12.0 Å². The van der Waals surface area contributed by atoms with Crippen LogP contribution in [0.2, 0.25) is 0 Å². The zero-order valence-electron chi connectivity index (χ0n) is 12.9. The lowest BCUT2D eigenvalue weighted by molar-refractivity contribution is -0.309. The molecular formula is C14H26O7. The van der Waals surface area contributed by atoms with E-state index in [9.17, 15) is 9.59 Å². The van der Waals surface area contributed by atoms with Crippen molar-refractivity contribution in [3.63, 3.8) is 0 Å². The molecule has 7 nitrogen and oxygen atoms in total. The first-order valence-corrected chi connectivity index (χ1v) is 6.22. The molecule has 0 saturated heterocycles. The molecule has 0 heterocycles. The average molecular weight is 306 g/mol. The Labute approximate surface area is 125 Å². The second kappa shape index (κ2) is 16.4. The highest BCUT2D eigenvalue weighted by atomic mass is 17.2. The van der Waals surface area contributed by atoms with Gasteiger partial charge in [0, 0.05) is 17.6 Å². The van der Waals surface area contributed by atoms with Crippen LogP contribution in [-0.2, 0) is 19.4 Å². The van der Waals surface area contributed by atoms with Crippen LogP contribution in [0.25, 0.3) is 0 Å². The molecule has 0 bridgehead atoms. The van der Waals surface area contributed by atoms with Gasteiger partial charge in [0.05, 0.1) is 19.8 Å². The van der Waals surface area contributed by atoms with Crippen molar-refractivity contribution in [2.75, 3.05) is 19.8 Å². The van der Waals surface area contributed by atoms with Crippen LogP contribution in [0.5, 0.6) is 0 Å². The summed E-state index contributed by atoms with van der Waals surface area (Å²) < 4.78 is 0. The lowest BCUT2D eigenvalue weighted by Crippen LogP contribution is -2.23. The molecule has 21 heavy (non-hydrogen) atoms. The van der Waals surface area contributed by atoms with E-state index < -0.39 is 11.9 Å². The van der Waals surface area contributed by atoms with Crippen molar-refractivity contribution in [2.24, 2.45) is 5.41 Å². The molecule has 0 aliphatic carbocycles. The van der Waals surface area contributed by atoms with Gasteiger partial charge in [-0.1, -0.05) is 33.9 Å². The Balaban J connectivity index is -0.000000270. The number of carbonyl (C=O) groups is 2. The third-order valence-electron chi connectivity index (χ3n) is 1.60. The number of carboxylic acids is 2. The van der Waals surface area contributed by atoms with Gasteiger partial charge in [0.25, 0.3) is 0 Å². The zero-order chi connectivity index (χ0) is 17.3. The van der Waals surface area contributed by atoms with Crippen molar-refractivity contribution < 1.29 is 34.7 Å². The Morgan fingerprint density at radius 3 is 1.71 bits per heavy atom. The maximum absolute atomic E-state index is 9.25. The number of aliphatic hydroxyl groups excluding tert-OH is 1. The largest absolute Gasteiger partial charge is 0.478 e. The van der Waals surface area contributed by atoms with E-state index in [1.54, 1.807) is 0 Å². The summed E-state index contributed by atoms with van der Waals surface area (Å²) in [6.07, 6.45) is 2.61. The minimum absolute atomic E-state index is 0.114. The van der Waals surface area contributed by atoms with Gasteiger partial charge in [0.15, 0.2) is 0 Å². The molecule has 0 aliphatic rings. The van der Waals surface area contributed by atoms with Gasteiger partial charge in [-0.05, 0) is 6.42 Å². The topological polar surface area (TPSA) is 113 Å². The lowest BCUT2D eigenvalue weighted by Gasteiger charge is -2.19. The van der Waals surface area contributed by atoms with Crippen LogP contribution in [0.1, 0.15) is 27.2 Å². The Kier molecular flexibility index (Phi) is 18.9. The fourth-order valence-corrected chi connectivity index (χ4v) is 0.389. The molecular weight excluding hydrogens is 280 g/mol. The van der Waals surface area contributed by atoms with E-state index in [1.807, 2.05) is 20.8 Å². The molecule has 7 heteroatoms. The summed E-state index contributed by atoms with van der Waals surface area (Å²) in [5.41, 5.74) is -0.201. The molecule has 3 N–H and O–H groups in total. The molecule has 0 atom stereocenters. The molecule has 0 aliphatic heterocycles. The molecule has 0 spiro atoms. The van der Waals surface area contributed by atoms with Crippen LogP contribution in [0.15, 0.2) is 25.3 Å². The smallest absolute Gasteiger partial charge is 0.327 e. The molecule has 0 aromatic carbocycles. The van der Waals surface area contributed by atoms with Gasteiger partial charge in [-0.3, -0.25) is 0 Å². The number of hydrogen-bond donors (Lipinski definition) is 3. The minimum Gasteiger partial charge on any atom is -0.478 e. The van der Waals surface area contributed by atoms with Crippen LogP contribution < -0.4 is 0 Å². The monoisotopic (exact) mass is 306 g/mol. The van der Waals surface area contributed by atoms with Crippen LogP contribution in [0.4, 0.5) is 0 Å². The van der Waals surface area contributed by atoms with E-state index in [0.29, 0.717) is 13.2 Å². The van der Waals surface area contributed by atoms with Crippen LogP contribution in [-0.4, -0.2) is 47.1 Å². The normalized spacial score (nSPS) is 9.33. The summed E-state index contributed by atoms with van der Waals surface area (Å²) >= 11 is 0. The number of aliphatic hydroxyl groups is 1. The maximum Gasteiger partial charge on any atom is 0.327 e. The first kappa shape index (κ1) is 24.3. The molecule has 0 unspecified atom stereocenters. The first-order valence-electron chi connectivity index (χ1n) is 6.22. The lowest BCUT2D eigenvalue weighted by atomic mass is 9.97. The molecule has 0 aromatic rings. The van der Waals surface area contributed by atoms with Gasteiger partial charge in [-0.15, -0.1) is 0 Å². The minimum atomic E-state index is -0.981. The summed E-state index contributed by atoms with van der Waals surface area (Å²) in [5.74, 6) is -1.96. The SMILES string of the molecule is C=CC(=O)O.C=CC(=O)O.CCCOOCC(C)(C)CO. The number of rotatable bonds is 8. The molecule has 0 radical (unpaired) electrons. The van der Waals surface area contributed by atoms with Crippen molar-refractivity contribution in [3.05, 3.63) is 25.3 Å². The molecule has 0 rings (SSSR count). The standard InChI is InChI=1S/C8H18O3.2C3H4O2/c1-4-5-10-11-7-8(2,3)6-9;2*1-2-3(4)5/h9H,4-7H2,1-3H3;2*2H,1H2,(H,4,5). The third-order valence-corrected chi connectivity index (χ3v) is 1.60. The van der Waals surface area contributed by atoms with Gasteiger partial charge < -0.3 is 15.3 Å². The van der Waals surface area contributed by atoms with Crippen molar-refractivity contribution in [1.29, 1.82) is 0 Å². The highest BCUT2D eigenvalue weighted by molar-refractivity contribution is 5.79. The molecule has 0 amide bonds. The average Bonchev–Trinajstić information content (AvgIpc) is 2.45. The molecule has 0 aromatic heterocycles. The van der Waals surface area contributed by atoms with E-state index in [0.717, 1.165) is 18.6 Å². The van der Waals surface area contributed by atoms with Gasteiger partial charge in [-0.25, -0.2) is 19.4 Å². The van der Waals surface area contributed by atoms with Crippen LogP contribution in [0.3, 0.4) is 0 Å². The predicted molar refractivity (Wildman–Crippen MR) is 78.7 cm³/mol. The second-order valence-corrected chi connectivity index (χ2v) is 4.49. The highest BCUT2D eigenvalue weighted by Gasteiger charge is 2.16. The Morgan fingerprint density at radius 2 is 1.48 bits per heavy atom. The van der Waals surface area contributed by atoms with Crippen molar-refractivity contribution in [1.82, 2.24) is 0 Å². The summed E-state index contributed by atoms with van der Waals surface area (Å²) in [7, 11) is 0. The van der Waals surface area contributed by atoms with Gasteiger partial charge in [0.2, 0.25) is 0 Å². The fraction of sp³-hybridized carbons (Fsp3) is 0.571. The third kappa shape index (κ3) is 32.1. The van der Waals surface area contributed by atoms with Gasteiger partial charge in [0.1, 0.15) is 0 Å². The quantitative estimate of drug-likeness (QED) is 0.271. The Morgan fingerprint density at radius 1 is 1.10 bits per heavy atom. The highest BCUT2D eigenvalue weighted by Crippen LogP contribution is 2.13. The van der Waals surface area contributed by atoms with Crippen LogP contribution in [0, 0.1) is 5.41 Å².